The van der Waals surface area contributed by atoms with Gasteiger partial charge in [-0.3, -0.25) is 4.90 Å². The minimum atomic E-state index is -4.67. The molecular formula is C21H30F3N3O3. The first-order chi connectivity index (χ1) is 14.0. The molecule has 0 saturated carbocycles. The van der Waals surface area contributed by atoms with Crippen molar-refractivity contribution in [2.24, 2.45) is 0 Å². The molecule has 30 heavy (non-hydrogen) atoms. The van der Waals surface area contributed by atoms with Crippen molar-refractivity contribution in [2.75, 3.05) is 44.2 Å². The van der Waals surface area contributed by atoms with E-state index in [1.807, 2.05) is 20.8 Å². The summed E-state index contributed by atoms with van der Waals surface area (Å²) in [6.45, 7) is 10.3. The number of halogens is 3. The third kappa shape index (κ3) is 6.42. The van der Waals surface area contributed by atoms with Gasteiger partial charge in [-0.1, -0.05) is 0 Å². The van der Waals surface area contributed by atoms with E-state index in [4.69, 9.17) is 4.74 Å². The fraction of sp³-hybridized carbons (Fsp3) is 0.667. The summed E-state index contributed by atoms with van der Waals surface area (Å²) < 4.78 is 46.3. The number of piperidine rings is 1. The van der Waals surface area contributed by atoms with Crippen LogP contribution in [0.15, 0.2) is 24.3 Å². The van der Waals surface area contributed by atoms with Crippen molar-refractivity contribution >= 4 is 11.8 Å². The van der Waals surface area contributed by atoms with Gasteiger partial charge in [0.05, 0.1) is 0 Å². The number of hydrogen-bond donors (Lipinski definition) is 0. The Kier molecular flexibility index (Phi) is 6.69. The Labute approximate surface area is 175 Å². The molecule has 0 aromatic heterocycles. The number of benzene rings is 1. The average Bonchev–Trinajstić information content (AvgIpc) is 2.66. The molecule has 0 aliphatic carbocycles. The number of rotatable bonds is 3. The normalized spacial score (nSPS) is 19.7. The predicted molar refractivity (Wildman–Crippen MR) is 108 cm³/mol. The second-order valence-electron chi connectivity index (χ2n) is 8.76. The zero-order valence-electron chi connectivity index (χ0n) is 17.7. The molecule has 2 saturated heterocycles. The Hall–Kier alpha value is -2.16. The zero-order valence-corrected chi connectivity index (χ0v) is 17.7. The molecule has 2 fully saturated rings. The van der Waals surface area contributed by atoms with Crippen LogP contribution in [0.3, 0.4) is 0 Å². The summed E-state index contributed by atoms with van der Waals surface area (Å²) in [5.74, 6) is -0.205. The molecule has 1 aromatic rings. The van der Waals surface area contributed by atoms with Gasteiger partial charge in [0.15, 0.2) is 0 Å². The van der Waals surface area contributed by atoms with Gasteiger partial charge in [-0.15, -0.1) is 13.2 Å². The summed E-state index contributed by atoms with van der Waals surface area (Å²) in [7, 11) is 0. The molecule has 0 spiro atoms. The lowest BCUT2D eigenvalue weighted by atomic mass is 10.0. The van der Waals surface area contributed by atoms with E-state index in [9.17, 15) is 18.0 Å². The Morgan fingerprint density at radius 1 is 0.933 bits per heavy atom. The van der Waals surface area contributed by atoms with Gasteiger partial charge in [0.1, 0.15) is 11.4 Å². The number of anilines is 1. The minimum absolute atomic E-state index is 0.205. The molecule has 0 radical (unpaired) electrons. The van der Waals surface area contributed by atoms with Gasteiger partial charge in [-0.2, -0.15) is 0 Å². The first-order valence-corrected chi connectivity index (χ1v) is 10.3. The lowest BCUT2D eigenvalue weighted by Crippen LogP contribution is -2.55. The van der Waals surface area contributed by atoms with Crippen molar-refractivity contribution in [3.05, 3.63) is 24.3 Å². The van der Waals surface area contributed by atoms with Crippen molar-refractivity contribution < 1.29 is 27.4 Å². The van der Waals surface area contributed by atoms with Crippen molar-refractivity contribution in [1.29, 1.82) is 0 Å². The lowest BCUT2D eigenvalue weighted by molar-refractivity contribution is -0.274. The number of carbonyl (C=O) groups excluding carboxylic acids is 1. The Morgan fingerprint density at radius 3 is 2.00 bits per heavy atom. The van der Waals surface area contributed by atoms with Crippen LogP contribution in [-0.2, 0) is 4.74 Å². The minimum Gasteiger partial charge on any atom is -0.444 e. The number of ether oxygens (including phenoxy) is 2. The van der Waals surface area contributed by atoms with E-state index in [1.54, 1.807) is 17.0 Å². The first-order valence-electron chi connectivity index (χ1n) is 10.3. The number of amides is 1. The van der Waals surface area contributed by atoms with Gasteiger partial charge in [-0.05, 0) is 57.9 Å². The highest BCUT2D eigenvalue weighted by atomic mass is 19.4. The highest BCUT2D eigenvalue weighted by Gasteiger charge is 2.32. The second kappa shape index (κ2) is 8.91. The molecule has 2 heterocycles. The van der Waals surface area contributed by atoms with Crippen molar-refractivity contribution in [1.82, 2.24) is 9.80 Å². The third-order valence-corrected chi connectivity index (χ3v) is 5.38. The van der Waals surface area contributed by atoms with Gasteiger partial charge in [-0.25, -0.2) is 4.79 Å². The molecule has 9 heteroatoms. The molecule has 6 nitrogen and oxygen atoms in total. The topological polar surface area (TPSA) is 45.2 Å². The number of piperazine rings is 1. The molecule has 0 atom stereocenters. The van der Waals surface area contributed by atoms with E-state index in [1.165, 1.54) is 12.1 Å². The van der Waals surface area contributed by atoms with E-state index < -0.39 is 12.0 Å². The molecule has 2 aliphatic rings. The summed E-state index contributed by atoms with van der Waals surface area (Å²) in [5.41, 5.74) is 0.413. The standard InChI is InChI=1S/C21H30F3N3O3/c1-20(2,3)30-19(28)27-14-12-26(13-15-27)17-8-10-25(11-9-17)16-4-6-18(7-5-16)29-21(22,23)24/h4-7,17H,8-15H2,1-3H3. The Balaban J connectivity index is 1.44. The second-order valence-corrected chi connectivity index (χ2v) is 8.76. The SMILES string of the molecule is CC(C)(C)OC(=O)N1CCN(C2CCN(c3ccc(OC(F)(F)F)cc3)CC2)CC1. The summed E-state index contributed by atoms with van der Waals surface area (Å²) >= 11 is 0. The number of carbonyl (C=O) groups is 1. The van der Waals surface area contributed by atoms with Crippen LogP contribution in [-0.4, -0.2) is 73.2 Å². The number of nitrogens with zero attached hydrogens (tertiary/aromatic N) is 3. The van der Waals surface area contributed by atoms with Crippen LogP contribution in [0.25, 0.3) is 0 Å². The maximum atomic E-state index is 12.3. The molecule has 0 bridgehead atoms. The number of hydrogen-bond acceptors (Lipinski definition) is 5. The fourth-order valence-corrected chi connectivity index (χ4v) is 3.94. The summed E-state index contributed by atoms with van der Waals surface area (Å²) in [6, 6.07) is 6.49. The highest BCUT2D eigenvalue weighted by molar-refractivity contribution is 5.68. The van der Waals surface area contributed by atoms with E-state index in [0.717, 1.165) is 44.7 Å². The average molecular weight is 429 g/mol. The first kappa shape index (κ1) is 22.5. The molecule has 2 aliphatic heterocycles. The highest BCUT2D eigenvalue weighted by Crippen LogP contribution is 2.28. The van der Waals surface area contributed by atoms with Crippen LogP contribution >= 0.6 is 0 Å². The quantitative estimate of drug-likeness (QED) is 0.724. The lowest BCUT2D eigenvalue weighted by Gasteiger charge is -2.43. The Morgan fingerprint density at radius 2 is 1.50 bits per heavy atom. The molecule has 0 unspecified atom stereocenters. The molecule has 1 aromatic carbocycles. The van der Waals surface area contributed by atoms with Crippen molar-refractivity contribution in [2.45, 2.75) is 51.6 Å². The summed E-state index contributed by atoms with van der Waals surface area (Å²) in [4.78, 5) is 18.6. The van der Waals surface area contributed by atoms with Gasteiger partial charge in [0.2, 0.25) is 0 Å². The van der Waals surface area contributed by atoms with E-state index >= 15 is 0 Å². The van der Waals surface area contributed by atoms with Crippen LogP contribution in [0.4, 0.5) is 23.7 Å². The predicted octanol–water partition coefficient (Wildman–Crippen LogP) is 4.11. The maximum absolute atomic E-state index is 12.3. The number of alkyl halides is 3. The van der Waals surface area contributed by atoms with Gasteiger partial charge >= 0.3 is 12.5 Å². The van der Waals surface area contributed by atoms with Crippen LogP contribution < -0.4 is 9.64 Å². The van der Waals surface area contributed by atoms with Gasteiger partial charge in [0.25, 0.3) is 0 Å². The monoisotopic (exact) mass is 429 g/mol. The smallest absolute Gasteiger partial charge is 0.444 e. The molecule has 0 N–H and O–H groups in total. The summed E-state index contributed by atoms with van der Waals surface area (Å²) in [5, 5.41) is 0. The molecule has 1 amide bonds. The van der Waals surface area contributed by atoms with Gasteiger partial charge < -0.3 is 19.3 Å². The third-order valence-electron chi connectivity index (χ3n) is 5.38. The molecule has 3 rings (SSSR count). The van der Waals surface area contributed by atoms with E-state index in [2.05, 4.69) is 14.5 Å². The Bertz CT molecular complexity index is 703. The van der Waals surface area contributed by atoms with Crippen molar-refractivity contribution in [3.8, 4) is 5.75 Å². The van der Waals surface area contributed by atoms with Crippen LogP contribution in [0.2, 0.25) is 0 Å². The van der Waals surface area contributed by atoms with E-state index in [-0.39, 0.29) is 11.8 Å². The fourth-order valence-electron chi connectivity index (χ4n) is 3.94. The van der Waals surface area contributed by atoms with Gasteiger partial charge in [0, 0.05) is 51.0 Å². The summed E-state index contributed by atoms with van der Waals surface area (Å²) in [6.07, 6.45) is -2.97. The van der Waals surface area contributed by atoms with Crippen molar-refractivity contribution in [3.63, 3.8) is 0 Å². The maximum Gasteiger partial charge on any atom is 0.573 e. The molecular weight excluding hydrogens is 399 g/mol. The van der Waals surface area contributed by atoms with Crippen LogP contribution in [0, 0.1) is 0 Å². The van der Waals surface area contributed by atoms with E-state index in [0.29, 0.717) is 19.1 Å². The largest absolute Gasteiger partial charge is 0.573 e. The van der Waals surface area contributed by atoms with Crippen LogP contribution in [0.1, 0.15) is 33.6 Å². The zero-order chi connectivity index (χ0) is 21.9. The van der Waals surface area contributed by atoms with Crippen LogP contribution in [0.5, 0.6) is 5.75 Å². The molecule has 168 valence electrons.